The number of alkyl halides is 3. The molecule has 8 heteroatoms. The van der Waals surface area contributed by atoms with E-state index in [-0.39, 0.29) is 19.4 Å². The van der Waals surface area contributed by atoms with Crippen molar-refractivity contribution in [1.82, 2.24) is 4.90 Å². The minimum Gasteiger partial charge on any atom is -0.456 e. The first kappa shape index (κ1) is 18.3. The molecule has 146 valence electrons. The Morgan fingerprint density at radius 1 is 1.07 bits per heavy atom. The van der Waals surface area contributed by atoms with Crippen LogP contribution in [0.4, 0.5) is 18.9 Å². The number of carbonyl (C=O) groups excluding carboxylic acids is 2. The number of carbonyl (C=O) groups is 2. The monoisotopic (exact) mass is 390 g/mol. The molecule has 5 nitrogen and oxygen atoms in total. The van der Waals surface area contributed by atoms with Gasteiger partial charge in [0.05, 0.1) is 5.92 Å². The third-order valence-electron chi connectivity index (χ3n) is 5.00. The molecule has 0 radical (unpaired) electrons. The highest BCUT2D eigenvalue weighted by molar-refractivity contribution is 6.39. The summed E-state index contributed by atoms with van der Waals surface area (Å²) < 4.78 is 44.5. The standard InChI is InChI=1S/C20H17F3N2O3/c21-20(22,23)12-4-3-9-25(11-12)19(27)18(26)24-13-7-8-15-14-5-1-2-6-16(14)28-17(15)10-13/h1-2,5-8,10,12H,3-4,9,11H2,(H,24,26)/t12-/m1/s1. The Hall–Kier alpha value is -3.03. The molecule has 1 saturated heterocycles. The zero-order valence-electron chi connectivity index (χ0n) is 14.8. The summed E-state index contributed by atoms with van der Waals surface area (Å²) in [6.07, 6.45) is -4.19. The first-order valence-corrected chi connectivity index (χ1v) is 8.91. The van der Waals surface area contributed by atoms with E-state index in [2.05, 4.69) is 5.32 Å². The zero-order chi connectivity index (χ0) is 19.9. The molecular formula is C20H17F3N2O3. The van der Waals surface area contributed by atoms with Crippen molar-refractivity contribution < 1.29 is 27.2 Å². The number of furan rings is 1. The van der Waals surface area contributed by atoms with Gasteiger partial charge in [-0.15, -0.1) is 0 Å². The average molecular weight is 390 g/mol. The van der Waals surface area contributed by atoms with Crippen LogP contribution < -0.4 is 5.32 Å². The van der Waals surface area contributed by atoms with E-state index >= 15 is 0 Å². The molecule has 4 rings (SSSR count). The number of amides is 2. The molecule has 2 aromatic carbocycles. The maximum atomic E-state index is 12.9. The van der Waals surface area contributed by atoms with Gasteiger partial charge in [0.15, 0.2) is 0 Å². The largest absolute Gasteiger partial charge is 0.456 e. The number of rotatable bonds is 1. The van der Waals surface area contributed by atoms with Crippen LogP contribution in [-0.2, 0) is 9.59 Å². The van der Waals surface area contributed by atoms with E-state index in [0.29, 0.717) is 16.9 Å². The molecule has 1 fully saturated rings. The Morgan fingerprint density at radius 2 is 1.82 bits per heavy atom. The Kier molecular flexibility index (Phi) is 4.49. The second-order valence-corrected chi connectivity index (χ2v) is 6.90. The molecule has 0 unspecified atom stereocenters. The Labute approximate surface area is 158 Å². The summed E-state index contributed by atoms with van der Waals surface area (Å²) in [4.78, 5) is 25.5. The molecule has 2 amide bonds. The molecule has 1 aliphatic heterocycles. The van der Waals surface area contributed by atoms with E-state index in [9.17, 15) is 22.8 Å². The van der Waals surface area contributed by atoms with Gasteiger partial charge in [0, 0.05) is 35.6 Å². The molecule has 3 aromatic rings. The van der Waals surface area contributed by atoms with Crippen LogP contribution in [0, 0.1) is 5.92 Å². The van der Waals surface area contributed by atoms with Crippen molar-refractivity contribution in [3.05, 3.63) is 42.5 Å². The summed E-state index contributed by atoms with van der Waals surface area (Å²) >= 11 is 0. The van der Waals surface area contributed by atoms with E-state index in [4.69, 9.17) is 4.42 Å². The highest BCUT2D eigenvalue weighted by Gasteiger charge is 2.43. The van der Waals surface area contributed by atoms with Gasteiger partial charge in [-0.05, 0) is 31.0 Å². The van der Waals surface area contributed by atoms with Crippen LogP contribution in [0.1, 0.15) is 12.8 Å². The summed E-state index contributed by atoms with van der Waals surface area (Å²) in [7, 11) is 0. The number of piperidine rings is 1. The first-order valence-electron chi connectivity index (χ1n) is 8.91. The van der Waals surface area contributed by atoms with E-state index in [1.807, 2.05) is 24.3 Å². The van der Waals surface area contributed by atoms with Crippen LogP contribution in [0.2, 0.25) is 0 Å². The summed E-state index contributed by atoms with van der Waals surface area (Å²) in [5.41, 5.74) is 1.58. The SMILES string of the molecule is O=C(Nc1ccc2c(c1)oc1ccccc12)C(=O)N1CCC[C@@H](C(F)(F)F)C1. The molecule has 1 N–H and O–H groups in total. The normalized spacial score (nSPS) is 17.8. The van der Waals surface area contributed by atoms with Crippen molar-refractivity contribution in [2.75, 3.05) is 18.4 Å². The minimum absolute atomic E-state index is 0.0301. The fraction of sp³-hybridized carbons (Fsp3) is 0.300. The highest BCUT2D eigenvalue weighted by atomic mass is 19.4. The number of para-hydroxylation sites is 1. The Balaban J connectivity index is 1.49. The predicted octanol–water partition coefficient (Wildman–Crippen LogP) is 4.33. The summed E-state index contributed by atoms with van der Waals surface area (Å²) in [5.74, 6) is -3.51. The topological polar surface area (TPSA) is 62.6 Å². The lowest BCUT2D eigenvalue weighted by molar-refractivity contribution is -0.188. The van der Waals surface area contributed by atoms with E-state index in [1.54, 1.807) is 18.2 Å². The summed E-state index contributed by atoms with van der Waals surface area (Å²) in [5, 5.41) is 4.25. The van der Waals surface area contributed by atoms with Crippen LogP contribution >= 0.6 is 0 Å². The van der Waals surface area contributed by atoms with Gasteiger partial charge in [0.2, 0.25) is 0 Å². The van der Waals surface area contributed by atoms with Gasteiger partial charge in [0.25, 0.3) is 0 Å². The van der Waals surface area contributed by atoms with E-state index in [0.717, 1.165) is 15.7 Å². The molecule has 0 bridgehead atoms. The maximum absolute atomic E-state index is 12.9. The zero-order valence-corrected chi connectivity index (χ0v) is 14.8. The Bertz CT molecular complexity index is 1060. The number of benzene rings is 2. The van der Waals surface area contributed by atoms with Crippen molar-refractivity contribution in [3.63, 3.8) is 0 Å². The molecule has 0 aliphatic carbocycles. The number of halogens is 3. The van der Waals surface area contributed by atoms with Crippen LogP contribution in [0.15, 0.2) is 46.9 Å². The van der Waals surface area contributed by atoms with Crippen LogP contribution in [-0.4, -0.2) is 36.0 Å². The van der Waals surface area contributed by atoms with Crippen LogP contribution in [0.3, 0.4) is 0 Å². The number of hydrogen-bond acceptors (Lipinski definition) is 3. The second-order valence-electron chi connectivity index (χ2n) is 6.90. The molecule has 0 spiro atoms. The highest BCUT2D eigenvalue weighted by Crippen LogP contribution is 2.33. The molecule has 28 heavy (non-hydrogen) atoms. The van der Waals surface area contributed by atoms with Gasteiger partial charge < -0.3 is 14.6 Å². The third-order valence-corrected chi connectivity index (χ3v) is 5.00. The predicted molar refractivity (Wildman–Crippen MR) is 97.7 cm³/mol. The van der Waals surface area contributed by atoms with Gasteiger partial charge in [-0.3, -0.25) is 9.59 Å². The van der Waals surface area contributed by atoms with Crippen molar-refractivity contribution in [2.45, 2.75) is 19.0 Å². The lowest BCUT2D eigenvalue weighted by Gasteiger charge is -2.33. The van der Waals surface area contributed by atoms with Gasteiger partial charge in [0.1, 0.15) is 11.2 Å². The number of anilines is 1. The van der Waals surface area contributed by atoms with E-state index in [1.165, 1.54) is 0 Å². The summed E-state index contributed by atoms with van der Waals surface area (Å²) in [6, 6.07) is 12.5. The molecular weight excluding hydrogens is 373 g/mol. The number of nitrogens with one attached hydrogen (secondary N) is 1. The van der Waals surface area contributed by atoms with Crippen LogP contribution in [0.5, 0.6) is 0 Å². The number of likely N-dealkylation sites (tertiary alicyclic amines) is 1. The van der Waals surface area contributed by atoms with Crippen molar-refractivity contribution in [3.8, 4) is 0 Å². The molecule has 0 saturated carbocycles. The second kappa shape index (κ2) is 6.85. The number of fused-ring (bicyclic) bond motifs is 3. The Morgan fingerprint density at radius 3 is 2.61 bits per heavy atom. The quantitative estimate of drug-likeness (QED) is 0.630. The number of nitrogens with zero attached hydrogens (tertiary/aromatic N) is 1. The molecule has 1 aliphatic rings. The van der Waals surface area contributed by atoms with E-state index < -0.39 is 30.5 Å². The average Bonchev–Trinajstić information content (AvgIpc) is 3.04. The molecule has 2 heterocycles. The van der Waals surface area contributed by atoms with Crippen molar-refractivity contribution in [1.29, 1.82) is 0 Å². The molecule has 1 atom stereocenters. The van der Waals surface area contributed by atoms with Gasteiger partial charge in [-0.25, -0.2) is 0 Å². The summed E-state index contributed by atoms with van der Waals surface area (Å²) in [6.45, 7) is -0.347. The van der Waals surface area contributed by atoms with Gasteiger partial charge in [-0.2, -0.15) is 13.2 Å². The fourth-order valence-electron chi connectivity index (χ4n) is 3.56. The van der Waals surface area contributed by atoms with Crippen LogP contribution in [0.25, 0.3) is 21.9 Å². The minimum atomic E-state index is -4.37. The lowest BCUT2D eigenvalue weighted by atomic mass is 9.97. The maximum Gasteiger partial charge on any atom is 0.393 e. The van der Waals surface area contributed by atoms with Gasteiger partial charge >= 0.3 is 18.0 Å². The fourth-order valence-corrected chi connectivity index (χ4v) is 3.56. The third kappa shape index (κ3) is 3.42. The lowest BCUT2D eigenvalue weighted by Crippen LogP contribution is -2.48. The molecule has 1 aromatic heterocycles. The van der Waals surface area contributed by atoms with Gasteiger partial charge in [-0.1, -0.05) is 18.2 Å². The number of hydrogen-bond donors (Lipinski definition) is 1. The van der Waals surface area contributed by atoms with Crippen molar-refractivity contribution >= 4 is 39.4 Å². The first-order chi connectivity index (χ1) is 13.3. The van der Waals surface area contributed by atoms with Crippen molar-refractivity contribution in [2.24, 2.45) is 5.92 Å². The smallest absolute Gasteiger partial charge is 0.393 e.